The molecule has 0 aliphatic heterocycles. The number of rotatable bonds is 3. The highest BCUT2D eigenvalue weighted by Gasteiger charge is 2.21. The molecule has 1 heterocycles. The van der Waals surface area contributed by atoms with Crippen molar-refractivity contribution in [3.05, 3.63) is 66.4 Å². The van der Waals surface area contributed by atoms with Crippen molar-refractivity contribution < 1.29 is 9.53 Å². The lowest BCUT2D eigenvalue weighted by Gasteiger charge is -2.13. The van der Waals surface area contributed by atoms with Crippen LogP contribution in [0.4, 0.5) is 10.5 Å². The van der Waals surface area contributed by atoms with Gasteiger partial charge in [0.25, 0.3) is 0 Å². The van der Waals surface area contributed by atoms with E-state index in [4.69, 9.17) is 10.5 Å². The second kappa shape index (κ2) is 6.93. The van der Waals surface area contributed by atoms with Gasteiger partial charge in [-0.2, -0.15) is 0 Å². The summed E-state index contributed by atoms with van der Waals surface area (Å²) in [7, 11) is 0. The zero-order valence-corrected chi connectivity index (χ0v) is 16.2. The predicted molar refractivity (Wildman–Crippen MR) is 115 cm³/mol. The lowest BCUT2D eigenvalue weighted by Crippen LogP contribution is -2.26. The third-order valence-electron chi connectivity index (χ3n) is 4.87. The van der Waals surface area contributed by atoms with Gasteiger partial charge < -0.3 is 10.5 Å². The Kier molecular flexibility index (Phi) is 4.43. The van der Waals surface area contributed by atoms with Gasteiger partial charge in [0, 0.05) is 27.9 Å². The van der Waals surface area contributed by atoms with Crippen LogP contribution in [-0.4, -0.2) is 16.9 Å². The van der Waals surface area contributed by atoms with Crippen LogP contribution in [0.25, 0.3) is 32.8 Å². The summed E-state index contributed by atoms with van der Waals surface area (Å²) in [6, 6.07) is 20.1. The number of aromatic nitrogens is 1. The monoisotopic (exact) mass is 373 g/mol. The number of nitrogen functional groups attached to an aromatic ring is 1. The van der Waals surface area contributed by atoms with Crippen molar-refractivity contribution in [2.24, 2.45) is 0 Å². The Morgan fingerprint density at radius 3 is 2.50 bits per heavy atom. The van der Waals surface area contributed by atoms with E-state index in [1.54, 1.807) is 4.68 Å². The van der Waals surface area contributed by atoms with E-state index in [-0.39, 0.29) is 6.10 Å². The van der Waals surface area contributed by atoms with Crippen molar-refractivity contribution in [2.75, 3.05) is 11.2 Å². The highest BCUT2D eigenvalue weighted by Crippen LogP contribution is 2.40. The van der Waals surface area contributed by atoms with Gasteiger partial charge in [0.15, 0.2) is 0 Å². The Balaban J connectivity index is 2.04. The molecule has 142 valence electrons. The van der Waals surface area contributed by atoms with Gasteiger partial charge in [-0.15, -0.1) is 0 Å². The van der Waals surface area contributed by atoms with Crippen LogP contribution in [-0.2, 0) is 4.74 Å². The Hall–Kier alpha value is -3.47. The summed E-state index contributed by atoms with van der Waals surface area (Å²) in [4.78, 5) is 12.3. The maximum absolute atomic E-state index is 12.3. The Labute approximate surface area is 163 Å². The summed E-state index contributed by atoms with van der Waals surface area (Å²) in [5.41, 5.74) is 13.6. The fourth-order valence-corrected chi connectivity index (χ4v) is 3.71. The molecule has 5 heteroatoms. The number of anilines is 1. The lowest BCUT2D eigenvalue weighted by atomic mass is 9.97. The number of hydrogen-bond acceptors (Lipinski definition) is 3. The van der Waals surface area contributed by atoms with Crippen LogP contribution < -0.4 is 11.2 Å². The minimum Gasteiger partial charge on any atom is -0.446 e. The molecule has 1 aromatic heterocycles. The van der Waals surface area contributed by atoms with Crippen molar-refractivity contribution in [1.82, 2.24) is 4.68 Å². The molecular formula is C23H23N3O2. The molecule has 0 unspecified atom stereocenters. The summed E-state index contributed by atoms with van der Waals surface area (Å²) >= 11 is 0. The maximum atomic E-state index is 12.3. The minimum atomic E-state index is -0.490. The fourth-order valence-electron chi connectivity index (χ4n) is 3.71. The molecule has 0 saturated carbocycles. The van der Waals surface area contributed by atoms with Crippen LogP contribution >= 0.6 is 0 Å². The van der Waals surface area contributed by atoms with Gasteiger partial charge in [0.2, 0.25) is 0 Å². The molecule has 4 rings (SSSR count). The molecular weight excluding hydrogens is 350 g/mol. The molecule has 5 nitrogen and oxygen atoms in total. The minimum absolute atomic E-state index is 0.202. The summed E-state index contributed by atoms with van der Waals surface area (Å²) in [5.74, 6) is 0. The second-order valence-corrected chi connectivity index (χ2v) is 7.13. The van der Waals surface area contributed by atoms with Crippen LogP contribution in [0, 0.1) is 6.92 Å². The van der Waals surface area contributed by atoms with E-state index in [0.717, 1.165) is 38.5 Å². The van der Waals surface area contributed by atoms with Gasteiger partial charge >= 0.3 is 6.09 Å². The third-order valence-corrected chi connectivity index (χ3v) is 4.87. The Morgan fingerprint density at radius 1 is 1.04 bits per heavy atom. The smallest absolute Gasteiger partial charge is 0.426 e. The van der Waals surface area contributed by atoms with Crippen LogP contribution in [0.1, 0.15) is 19.5 Å². The van der Waals surface area contributed by atoms with Crippen molar-refractivity contribution in [3.63, 3.8) is 0 Å². The third kappa shape index (κ3) is 2.95. The molecule has 28 heavy (non-hydrogen) atoms. The number of hydrogen-bond donors (Lipinski definition) is 2. The van der Waals surface area contributed by atoms with Gasteiger partial charge in [-0.3, -0.25) is 4.68 Å². The molecule has 0 bridgehead atoms. The van der Waals surface area contributed by atoms with Crippen LogP contribution in [0.5, 0.6) is 0 Å². The summed E-state index contributed by atoms with van der Waals surface area (Å²) in [5, 5.41) is 3.30. The first-order chi connectivity index (χ1) is 13.5. The van der Waals surface area contributed by atoms with Crippen molar-refractivity contribution >= 4 is 33.5 Å². The van der Waals surface area contributed by atoms with Crippen LogP contribution in [0.2, 0.25) is 0 Å². The molecule has 4 aromatic rings. The van der Waals surface area contributed by atoms with Crippen molar-refractivity contribution in [1.29, 1.82) is 0 Å². The topological polar surface area (TPSA) is 69.3 Å². The number of benzene rings is 3. The van der Waals surface area contributed by atoms with E-state index in [9.17, 15) is 4.79 Å². The van der Waals surface area contributed by atoms with E-state index < -0.39 is 6.09 Å². The number of para-hydroxylation sites is 1. The zero-order chi connectivity index (χ0) is 19.8. The van der Waals surface area contributed by atoms with Gasteiger partial charge in [-0.05, 0) is 43.7 Å². The quantitative estimate of drug-likeness (QED) is 0.470. The normalized spacial score (nSPS) is 11.3. The van der Waals surface area contributed by atoms with E-state index in [0.29, 0.717) is 5.69 Å². The lowest BCUT2D eigenvalue weighted by molar-refractivity contribution is 0.127. The van der Waals surface area contributed by atoms with Crippen LogP contribution in [0.15, 0.2) is 60.7 Å². The summed E-state index contributed by atoms with van der Waals surface area (Å²) < 4.78 is 7.07. The Bertz CT molecular complexity index is 1190. The summed E-state index contributed by atoms with van der Waals surface area (Å²) in [6.07, 6.45) is -0.692. The highest BCUT2D eigenvalue weighted by molar-refractivity contribution is 6.16. The number of nitrogens with two attached hydrogens (primary N) is 1. The molecule has 3 aromatic carbocycles. The average molecular weight is 373 g/mol. The van der Waals surface area contributed by atoms with E-state index in [1.807, 2.05) is 63.2 Å². The first-order valence-electron chi connectivity index (χ1n) is 9.32. The largest absolute Gasteiger partial charge is 0.446 e. The van der Waals surface area contributed by atoms with Gasteiger partial charge in [-0.25, -0.2) is 10.2 Å². The molecule has 0 fully saturated rings. The highest BCUT2D eigenvalue weighted by atomic mass is 16.6. The second-order valence-electron chi connectivity index (χ2n) is 7.13. The predicted octanol–water partition coefficient (Wildman–Crippen LogP) is 5.44. The van der Waals surface area contributed by atoms with Crippen molar-refractivity contribution in [2.45, 2.75) is 26.9 Å². The maximum Gasteiger partial charge on any atom is 0.426 e. The molecule has 0 spiro atoms. The molecule has 0 atom stereocenters. The number of nitrogens with zero attached hydrogens (tertiary/aromatic N) is 1. The molecule has 0 aliphatic rings. The number of nitrogens with one attached hydrogen (secondary N) is 1. The number of carbonyl (C=O) groups excluding carboxylic acids is 1. The molecule has 0 radical (unpaired) electrons. The number of amides is 1. The zero-order valence-electron chi connectivity index (χ0n) is 16.2. The summed E-state index contributed by atoms with van der Waals surface area (Å²) in [6.45, 7) is 5.62. The first kappa shape index (κ1) is 17.9. The Morgan fingerprint density at radius 2 is 1.75 bits per heavy atom. The fraction of sp³-hybridized carbons (Fsp3) is 0.174. The van der Waals surface area contributed by atoms with E-state index in [2.05, 4.69) is 23.6 Å². The number of ether oxygens (including phenoxy) is 1. The molecule has 0 saturated heterocycles. The molecule has 3 N–H and O–H groups in total. The molecule has 1 amide bonds. The standard InChI is InChI=1S/C23H23N3O2/c1-14(2)28-23(27)25-26-15(3)21(18-10-6-7-11-19(18)24)22-17-9-5-4-8-16(17)12-13-20(22)26/h4-14H,24H2,1-3H3,(H,25,27). The average Bonchev–Trinajstić information content (AvgIpc) is 2.94. The molecule has 0 aliphatic carbocycles. The number of fused-ring (bicyclic) bond motifs is 3. The SMILES string of the molecule is Cc1c(-c2ccccc2N)c2c3ccccc3ccc2n1NC(=O)OC(C)C. The van der Waals surface area contributed by atoms with Gasteiger partial charge in [0.1, 0.15) is 0 Å². The number of carbonyl (C=O) groups is 1. The van der Waals surface area contributed by atoms with Gasteiger partial charge in [-0.1, -0.05) is 48.5 Å². The van der Waals surface area contributed by atoms with Crippen LogP contribution in [0.3, 0.4) is 0 Å². The van der Waals surface area contributed by atoms with Gasteiger partial charge in [0.05, 0.1) is 11.6 Å². The van der Waals surface area contributed by atoms with E-state index in [1.165, 1.54) is 0 Å². The first-order valence-corrected chi connectivity index (χ1v) is 9.32. The van der Waals surface area contributed by atoms with Crippen molar-refractivity contribution in [3.8, 4) is 11.1 Å². The van der Waals surface area contributed by atoms with E-state index >= 15 is 0 Å².